The van der Waals surface area contributed by atoms with E-state index in [0.717, 1.165) is 38.8 Å². The monoisotopic (exact) mass is 313 g/mol. The van der Waals surface area contributed by atoms with Crippen LogP contribution in [0.25, 0.3) is 0 Å². The standard InChI is InChI=1S/C18H23N3O2/c19-17(23)20-15-7-4-6-14(12-15)16(22)21-11-5-10-18(13-21)8-2-1-3-9-18/h1-2,4,6-7,12H,3,5,8-11,13H2,(H3,19,20,23). The number of carbonyl (C=O) groups is 2. The van der Waals surface area contributed by atoms with E-state index >= 15 is 0 Å². The minimum Gasteiger partial charge on any atom is -0.351 e. The first kappa shape index (κ1) is 15.6. The maximum absolute atomic E-state index is 12.8. The third kappa shape index (κ3) is 3.55. The molecule has 5 nitrogen and oxygen atoms in total. The van der Waals surface area contributed by atoms with E-state index in [2.05, 4.69) is 17.5 Å². The van der Waals surface area contributed by atoms with Gasteiger partial charge in [-0.1, -0.05) is 18.2 Å². The topological polar surface area (TPSA) is 75.4 Å². The normalized spacial score (nSPS) is 23.7. The fourth-order valence-corrected chi connectivity index (χ4v) is 3.75. The summed E-state index contributed by atoms with van der Waals surface area (Å²) >= 11 is 0. The lowest BCUT2D eigenvalue weighted by Gasteiger charge is -2.44. The van der Waals surface area contributed by atoms with Crippen molar-refractivity contribution < 1.29 is 9.59 Å². The molecule has 122 valence electrons. The molecule has 1 aromatic carbocycles. The largest absolute Gasteiger partial charge is 0.351 e. The van der Waals surface area contributed by atoms with E-state index in [4.69, 9.17) is 5.73 Å². The number of hydrogen-bond donors (Lipinski definition) is 2. The second-order valence-corrected chi connectivity index (χ2v) is 6.61. The Bertz CT molecular complexity index is 641. The molecule has 1 aliphatic heterocycles. The molecular weight excluding hydrogens is 290 g/mol. The first-order chi connectivity index (χ1) is 11.1. The zero-order chi connectivity index (χ0) is 16.3. The van der Waals surface area contributed by atoms with E-state index in [1.807, 2.05) is 4.90 Å². The third-order valence-electron chi connectivity index (χ3n) is 4.88. The molecule has 0 radical (unpaired) electrons. The van der Waals surface area contributed by atoms with Crippen molar-refractivity contribution in [2.24, 2.45) is 11.1 Å². The second-order valence-electron chi connectivity index (χ2n) is 6.61. The average Bonchev–Trinajstić information content (AvgIpc) is 2.54. The first-order valence-electron chi connectivity index (χ1n) is 8.19. The minimum absolute atomic E-state index is 0.0340. The van der Waals surface area contributed by atoms with Gasteiger partial charge in [0, 0.05) is 24.3 Å². The highest BCUT2D eigenvalue weighted by atomic mass is 16.2. The number of allylic oxidation sites excluding steroid dienone is 2. The molecule has 1 heterocycles. The summed E-state index contributed by atoms with van der Waals surface area (Å²) in [6, 6.07) is 6.35. The van der Waals surface area contributed by atoms with Crippen molar-refractivity contribution >= 4 is 17.6 Å². The Morgan fingerprint density at radius 1 is 1.22 bits per heavy atom. The van der Waals surface area contributed by atoms with Crippen LogP contribution < -0.4 is 11.1 Å². The number of nitrogens with one attached hydrogen (secondary N) is 1. The number of benzene rings is 1. The fraction of sp³-hybridized carbons (Fsp3) is 0.444. The van der Waals surface area contributed by atoms with E-state index in [1.165, 1.54) is 6.42 Å². The highest BCUT2D eigenvalue weighted by molar-refractivity contribution is 5.96. The van der Waals surface area contributed by atoms with Crippen molar-refractivity contribution in [3.05, 3.63) is 42.0 Å². The molecule has 2 aliphatic rings. The Labute approximate surface area is 136 Å². The van der Waals surface area contributed by atoms with Crippen molar-refractivity contribution in [1.82, 2.24) is 4.90 Å². The molecule has 1 fully saturated rings. The molecule has 5 heteroatoms. The van der Waals surface area contributed by atoms with Gasteiger partial charge in [0.05, 0.1) is 0 Å². The molecule has 0 bridgehead atoms. The van der Waals surface area contributed by atoms with Gasteiger partial charge in [0.25, 0.3) is 5.91 Å². The Morgan fingerprint density at radius 2 is 2.09 bits per heavy atom. The number of amides is 3. The van der Waals surface area contributed by atoms with Crippen LogP contribution in [-0.2, 0) is 0 Å². The van der Waals surface area contributed by atoms with Crippen molar-refractivity contribution in [2.45, 2.75) is 32.1 Å². The number of primary amides is 1. The maximum Gasteiger partial charge on any atom is 0.316 e. The molecule has 3 amide bonds. The van der Waals surface area contributed by atoms with Crippen LogP contribution in [0.5, 0.6) is 0 Å². The molecule has 1 aromatic rings. The number of nitrogens with zero attached hydrogens (tertiary/aromatic N) is 1. The number of nitrogens with two attached hydrogens (primary N) is 1. The Balaban J connectivity index is 1.74. The van der Waals surface area contributed by atoms with Gasteiger partial charge in [-0.3, -0.25) is 4.79 Å². The van der Waals surface area contributed by atoms with Gasteiger partial charge in [-0.25, -0.2) is 4.79 Å². The summed E-state index contributed by atoms with van der Waals surface area (Å²) in [5, 5.41) is 2.52. The number of urea groups is 1. The predicted octanol–water partition coefficient (Wildman–Crippen LogP) is 3.14. The van der Waals surface area contributed by atoms with Gasteiger partial charge in [0.15, 0.2) is 0 Å². The van der Waals surface area contributed by atoms with E-state index in [1.54, 1.807) is 24.3 Å². The van der Waals surface area contributed by atoms with Crippen LogP contribution in [0.15, 0.2) is 36.4 Å². The third-order valence-corrected chi connectivity index (χ3v) is 4.88. The predicted molar refractivity (Wildman–Crippen MR) is 90.2 cm³/mol. The number of anilines is 1. The molecule has 0 saturated carbocycles. The van der Waals surface area contributed by atoms with Crippen molar-refractivity contribution in [2.75, 3.05) is 18.4 Å². The number of carbonyl (C=O) groups excluding carboxylic acids is 2. The van der Waals surface area contributed by atoms with Crippen molar-refractivity contribution in [3.8, 4) is 0 Å². The summed E-state index contributed by atoms with van der Waals surface area (Å²) in [6.07, 6.45) is 10.1. The van der Waals surface area contributed by atoms with Crippen LogP contribution in [0.2, 0.25) is 0 Å². The van der Waals surface area contributed by atoms with Crippen molar-refractivity contribution in [1.29, 1.82) is 0 Å². The molecule has 0 aromatic heterocycles. The summed E-state index contributed by atoms with van der Waals surface area (Å²) in [4.78, 5) is 25.8. The highest BCUT2D eigenvalue weighted by Crippen LogP contribution is 2.41. The number of hydrogen-bond acceptors (Lipinski definition) is 2. The lowest BCUT2D eigenvalue weighted by molar-refractivity contribution is 0.0484. The Morgan fingerprint density at radius 3 is 2.83 bits per heavy atom. The lowest BCUT2D eigenvalue weighted by atomic mass is 9.71. The quantitative estimate of drug-likeness (QED) is 0.823. The van der Waals surface area contributed by atoms with E-state index in [-0.39, 0.29) is 11.3 Å². The van der Waals surface area contributed by atoms with Crippen LogP contribution in [0.3, 0.4) is 0 Å². The number of likely N-dealkylation sites (tertiary alicyclic amines) is 1. The summed E-state index contributed by atoms with van der Waals surface area (Å²) in [5.74, 6) is 0.0340. The summed E-state index contributed by atoms with van der Waals surface area (Å²) in [7, 11) is 0. The van der Waals surface area contributed by atoms with E-state index < -0.39 is 6.03 Å². The first-order valence-corrected chi connectivity index (χ1v) is 8.19. The van der Waals surface area contributed by atoms with Gasteiger partial charge in [0.1, 0.15) is 0 Å². The van der Waals surface area contributed by atoms with Gasteiger partial charge in [-0.15, -0.1) is 0 Å². The molecule has 3 rings (SSSR count). The smallest absolute Gasteiger partial charge is 0.316 e. The molecule has 23 heavy (non-hydrogen) atoms. The molecule has 1 saturated heterocycles. The molecular formula is C18H23N3O2. The van der Waals surface area contributed by atoms with Gasteiger partial charge in [0.2, 0.25) is 0 Å². The van der Waals surface area contributed by atoms with Gasteiger partial charge < -0.3 is 16.0 Å². The van der Waals surface area contributed by atoms with Crippen LogP contribution >= 0.6 is 0 Å². The maximum atomic E-state index is 12.8. The average molecular weight is 313 g/mol. The van der Waals surface area contributed by atoms with Gasteiger partial charge >= 0.3 is 6.03 Å². The van der Waals surface area contributed by atoms with Crippen molar-refractivity contribution in [3.63, 3.8) is 0 Å². The fourth-order valence-electron chi connectivity index (χ4n) is 3.75. The number of rotatable bonds is 2. The van der Waals surface area contributed by atoms with Crippen LogP contribution in [-0.4, -0.2) is 29.9 Å². The zero-order valence-electron chi connectivity index (χ0n) is 13.3. The molecule has 1 aliphatic carbocycles. The molecule has 1 atom stereocenters. The van der Waals surface area contributed by atoms with Gasteiger partial charge in [-0.2, -0.15) is 0 Å². The lowest BCUT2D eigenvalue weighted by Crippen LogP contribution is -2.46. The van der Waals surface area contributed by atoms with Crippen LogP contribution in [0.4, 0.5) is 10.5 Å². The second kappa shape index (κ2) is 6.44. The molecule has 3 N–H and O–H groups in total. The Kier molecular flexibility index (Phi) is 4.37. The zero-order valence-corrected chi connectivity index (χ0v) is 13.3. The molecule has 1 spiro atoms. The summed E-state index contributed by atoms with van der Waals surface area (Å²) < 4.78 is 0. The van der Waals surface area contributed by atoms with Gasteiger partial charge in [-0.05, 0) is 55.7 Å². The van der Waals surface area contributed by atoms with Crippen LogP contribution in [0.1, 0.15) is 42.5 Å². The minimum atomic E-state index is -0.625. The van der Waals surface area contributed by atoms with E-state index in [0.29, 0.717) is 11.3 Å². The van der Waals surface area contributed by atoms with Crippen LogP contribution in [0, 0.1) is 5.41 Å². The number of piperidine rings is 1. The summed E-state index contributed by atoms with van der Waals surface area (Å²) in [5.41, 5.74) is 6.54. The molecule has 1 unspecified atom stereocenters. The SMILES string of the molecule is NC(=O)Nc1cccc(C(=O)N2CCCC3(CC=CCC3)C2)c1. The highest BCUT2D eigenvalue weighted by Gasteiger charge is 2.36. The summed E-state index contributed by atoms with van der Waals surface area (Å²) in [6.45, 7) is 1.63. The van der Waals surface area contributed by atoms with E-state index in [9.17, 15) is 9.59 Å². The Hall–Kier alpha value is -2.30.